The Labute approximate surface area is 73.4 Å². The predicted molar refractivity (Wildman–Crippen MR) is 43.4 cm³/mol. The van der Waals surface area contributed by atoms with Gasteiger partial charge in [0.2, 0.25) is 0 Å². The maximum Gasteiger partial charge on any atom is 0.416 e. The normalized spacial score (nSPS) is 17.8. The number of alkyl halides is 3. The molecular weight excluding hydrogens is 181 g/mol. The summed E-state index contributed by atoms with van der Waals surface area (Å²) in [7, 11) is 0. The molecule has 0 heterocycles. The van der Waals surface area contributed by atoms with Crippen molar-refractivity contribution in [1.29, 1.82) is 5.41 Å². The van der Waals surface area contributed by atoms with Crippen LogP contribution in [0.25, 0.3) is 0 Å². The number of nitrogens with one attached hydrogen (secondary N) is 1. The van der Waals surface area contributed by atoms with Crippen molar-refractivity contribution in [3.05, 3.63) is 23.3 Å². The third kappa shape index (κ3) is 2.34. The minimum atomic E-state index is -4.33. The topological polar surface area (TPSA) is 49.9 Å². The maximum atomic E-state index is 12.2. The lowest BCUT2D eigenvalue weighted by Gasteiger charge is -2.14. The van der Waals surface area contributed by atoms with Crippen molar-refractivity contribution in [2.24, 2.45) is 5.73 Å². The Hall–Kier alpha value is -1.26. The number of hydrogen-bond donors (Lipinski definition) is 2. The molecule has 0 atom stereocenters. The van der Waals surface area contributed by atoms with E-state index in [1.807, 2.05) is 0 Å². The van der Waals surface area contributed by atoms with E-state index in [0.29, 0.717) is 12.8 Å². The van der Waals surface area contributed by atoms with E-state index in [0.717, 1.165) is 12.2 Å². The molecule has 0 aromatic rings. The first-order chi connectivity index (χ1) is 5.91. The molecule has 0 aromatic heterocycles. The van der Waals surface area contributed by atoms with Crippen LogP contribution in [-0.2, 0) is 0 Å². The minimum absolute atomic E-state index is 0.259. The summed E-state index contributed by atoms with van der Waals surface area (Å²) >= 11 is 0. The third-order valence-electron chi connectivity index (χ3n) is 1.78. The summed E-state index contributed by atoms with van der Waals surface area (Å²) in [5, 5.41) is 7.00. The van der Waals surface area contributed by atoms with Crippen LogP contribution in [-0.4, -0.2) is 12.0 Å². The molecule has 72 valence electrons. The lowest BCUT2D eigenvalue weighted by Crippen LogP contribution is -2.18. The highest BCUT2D eigenvalue weighted by Gasteiger charge is 2.33. The average Bonchev–Trinajstić information content (AvgIpc) is 2.03. The molecule has 0 aromatic carbocycles. The predicted octanol–water partition coefficient (Wildman–Crippen LogP) is 2.13. The molecule has 3 N–H and O–H groups in total. The van der Waals surface area contributed by atoms with Gasteiger partial charge in [-0.15, -0.1) is 0 Å². The fourth-order valence-corrected chi connectivity index (χ4v) is 1.11. The maximum absolute atomic E-state index is 12.2. The molecule has 13 heavy (non-hydrogen) atoms. The Morgan fingerprint density at radius 1 is 1.46 bits per heavy atom. The first kappa shape index (κ1) is 9.83. The van der Waals surface area contributed by atoms with Gasteiger partial charge in [-0.3, -0.25) is 5.41 Å². The van der Waals surface area contributed by atoms with Gasteiger partial charge >= 0.3 is 6.18 Å². The van der Waals surface area contributed by atoms with Crippen molar-refractivity contribution in [1.82, 2.24) is 0 Å². The minimum Gasteiger partial charge on any atom is -0.384 e. The monoisotopic (exact) mass is 190 g/mol. The van der Waals surface area contributed by atoms with Gasteiger partial charge in [0.25, 0.3) is 0 Å². The van der Waals surface area contributed by atoms with Crippen molar-refractivity contribution in [3.8, 4) is 0 Å². The Morgan fingerprint density at radius 2 is 2.08 bits per heavy atom. The van der Waals surface area contributed by atoms with E-state index in [1.54, 1.807) is 0 Å². The van der Waals surface area contributed by atoms with Gasteiger partial charge < -0.3 is 5.73 Å². The van der Waals surface area contributed by atoms with E-state index in [9.17, 15) is 13.2 Å². The number of halogens is 3. The van der Waals surface area contributed by atoms with Crippen molar-refractivity contribution in [2.75, 3.05) is 0 Å². The van der Waals surface area contributed by atoms with Gasteiger partial charge in [-0.2, -0.15) is 13.2 Å². The lowest BCUT2D eigenvalue weighted by molar-refractivity contribution is -0.0886. The number of hydrogen-bond acceptors (Lipinski definition) is 1. The van der Waals surface area contributed by atoms with Crippen LogP contribution in [0.2, 0.25) is 0 Å². The molecule has 1 aliphatic rings. The van der Waals surface area contributed by atoms with Crippen molar-refractivity contribution in [2.45, 2.75) is 19.0 Å². The first-order valence-corrected chi connectivity index (χ1v) is 3.73. The standard InChI is InChI=1S/C8H9F3N2/c9-8(10,11)6-3-1-2-5(4-6)7(12)13/h3-4H,1-2H2,(H3,12,13). The van der Waals surface area contributed by atoms with Gasteiger partial charge in [0, 0.05) is 0 Å². The molecule has 0 bridgehead atoms. The summed E-state index contributed by atoms with van der Waals surface area (Å²) in [5.41, 5.74) is 4.65. The van der Waals surface area contributed by atoms with E-state index >= 15 is 0 Å². The summed E-state index contributed by atoms with van der Waals surface area (Å²) in [5.74, 6) is -0.283. The molecule has 0 radical (unpaired) electrons. The second-order valence-corrected chi connectivity index (χ2v) is 2.78. The molecule has 0 fully saturated rings. The Bertz CT molecular complexity index is 286. The highest BCUT2D eigenvalue weighted by molar-refractivity contribution is 5.95. The summed E-state index contributed by atoms with van der Waals surface area (Å²) in [4.78, 5) is 0. The molecule has 0 saturated heterocycles. The van der Waals surface area contributed by atoms with Gasteiger partial charge in [-0.05, 0) is 24.5 Å². The van der Waals surface area contributed by atoms with Crippen molar-refractivity contribution >= 4 is 5.84 Å². The van der Waals surface area contributed by atoms with Crippen LogP contribution in [0.4, 0.5) is 13.2 Å². The smallest absolute Gasteiger partial charge is 0.384 e. The van der Waals surface area contributed by atoms with E-state index in [2.05, 4.69) is 0 Å². The van der Waals surface area contributed by atoms with Crippen LogP contribution in [0.3, 0.4) is 0 Å². The van der Waals surface area contributed by atoms with Crippen molar-refractivity contribution in [3.63, 3.8) is 0 Å². The number of amidine groups is 1. The van der Waals surface area contributed by atoms with E-state index in [-0.39, 0.29) is 11.4 Å². The molecule has 2 nitrogen and oxygen atoms in total. The summed E-state index contributed by atoms with van der Waals surface area (Å²) in [6, 6.07) is 0. The van der Waals surface area contributed by atoms with Gasteiger partial charge in [-0.1, -0.05) is 6.08 Å². The van der Waals surface area contributed by atoms with E-state index < -0.39 is 11.7 Å². The summed E-state index contributed by atoms with van der Waals surface area (Å²) < 4.78 is 36.5. The van der Waals surface area contributed by atoms with Gasteiger partial charge in [0.05, 0.1) is 5.57 Å². The summed E-state index contributed by atoms with van der Waals surface area (Å²) in [6.45, 7) is 0. The van der Waals surface area contributed by atoms with Crippen LogP contribution in [0, 0.1) is 5.41 Å². The van der Waals surface area contributed by atoms with Crippen LogP contribution in [0.15, 0.2) is 23.3 Å². The zero-order valence-electron chi connectivity index (χ0n) is 6.78. The highest BCUT2D eigenvalue weighted by atomic mass is 19.4. The lowest BCUT2D eigenvalue weighted by atomic mass is 9.98. The van der Waals surface area contributed by atoms with E-state index in [1.165, 1.54) is 0 Å². The Morgan fingerprint density at radius 3 is 2.54 bits per heavy atom. The zero-order valence-corrected chi connectivity index (χ0v) is 6.78. The molecule has 5 heteroatoms. The Balaban J connectivity index is 2.91. The Kier molecular flexibility index (Phi) is 2.45. The SMILES string of the molecule is N=C(N)C1=CC(C(F)(F)F)=CCC1. The summed E-state index contributed by atoms with van der Waals surface area (Å²) in [6.07, 6.45) is -1.57. The molecule has 0 unspecified atom stereocenters. The number of rotatable bonds is 1. The average molecular weight is 190 g/mol. The van der Waals surface area contributed by atoms with Crippen LogP contribution in [0.5, 0.6) is 0 Å². The molecule has 0 amide bonds. The second kappa shape index (κ2) is 3.24. The second-order valence-electron chi connectivity index (χ2n) is 2.78. The molecular formula is C8H9F3N2. The first-order valence-electron chi connectivity index (χ1n) is 3.73. The molecule has 1 aliphatic carbocycles. The van der Waals surface area contributed by atoms with E-state index in [4.69, 9.17) is 11.1 Å². The fourth-order valence-electron chi connectivity index (χ4n) is 1.11. The van der Waals surface area contributed by atoms with Gasteiger partial charge in [-0.25, -0.2) is 0 Å². The molecule has 0 aliphatic heterocycles. The largest absolute Gasteiger partial charge is 0.416 e. The fraction of sp³-hybridized carbons (Fsp3) is 0.375. The van der Waals surface area contributed by atoms with Gasteiger partial charge in [0.15, 0.2) is 0 Å². The number of allylic oxidation sites excluding steroid dienone is 3. The molecule has 0 saturated carbocycles. The molecule has 1 rings (SSSR count). The number of nitrogens with two attached hydrogens (primary N) is 1. The van der Waals surface area contributed by atoms with Crippen LogP contribution < -0.4 is 5.73 Å². The highest BCUT2D eigenvalue weighted by Crippen LogP contribution is 2.31. The van der Waals surface area contributed by atoms with Crippen LogP contribution in [0.1, 0.15) is 12.8 Å². The molecule has 0 spiro atoms. The third-order valence-corrected chi connectivity index (χ3v) is 1.78. The quantitative estimate of drug-likeness (QED) is 0.483. The zero-order chi connectivity index (χ0) is 10.1. The van der Waals surface area contributed by atoms with Gasteiger partial charge in [0.1, 0.15) is 5.84 Å². The van der Waals surface area contributed by atoms with Crippen LogP contribution >= 0.6 is 0 Å². The van der Waals surface area contributed by atoms with Crippen molar-refractivity contribution < 1.29 is 13.2 Å².